The third-order valence-electron chi connectivity index (χ3n) is 5.79. The number of hydrogen-bond donors (Lipinski definition) is 1. The topological polar surface area (TPSA) is 92.8 Å². The van der Waals surface area contributed by atoms with Crippen molar-refractivity contribution in [3.8, 4) is 0 Å². The number of amides is 1. The fourth-order valence-electron chi connectivity index (χ4n) is 4.32. The van der Waals surface area contributed by atoms with Crippen molar-refractivity contribution in [2.24, 2.45) is 11.8 Å². The Labute approximate surface area is 197 Å². The van der Waals surface area contributed by atoms with Crippen LogP contribution in [0.3, 0.4) is 0 Å². The molecule has 1 N–H and O–H groups in total. The molecule has 33 heavy (non-hydrogen) atoms. The number of carbonyl (C=O) groups is 2. The molecule has 1 saturated heterocycles. The number of esters is 1. The number of hydrogen-bond acceptors (Lipinski definition) is 6. The molecule has 2 heterocycles. The van der Waals surface area contributed by atoms with Crippen LogP contribution in [0.2, 0.25) is 0 Å². The van der Waals surface area contributed by atoms with E-state index in [9.17, 15) is 18.0 Å². The molecule has 3 aromatic rings. The van der Waals surface area contributed by atoms with Gasteiger partial charge in [-0.1, -0.05) is 32.0 Å². The van der Waals surface area contributed by atoms with Gasteiger partial charge in [0, 0.05) is 28.7 Å². The van der Waals surface area contributed by atoms with Crippen molar-refractivity contribution in [3.05, 3.63) is 59.0 Å². The van der Waals surface area contributed by atoms with Crippen molar-refractivity contribution >= 4 is 49.0 Å². The second-order valence-corrected chi connectivity index (χ2v) is 11.5. The lowest BCUT2D eigenvalue weighted by Gasteiger charge is -2.34. The first-order valence-electron chi connectivity index (χ1n) is 10.7. The number of sulfonamides is 1. The van der Waals surface area contributed by atoms with Gasteiger partial charge in [-0.15, -0.1) is 11.3 Å². The molecule has 0 bridgehead atoms. The zero-order valence-corrected chi connectivity index (χ0v) is 20.3. The summed E-state index contributed by atoms with van der Waals surface area (Å²) in [6.45, 7) is 5.11. The van der Waals surface area contributed by atoms with Gasteiger partial charge in [-0.2, -0.15) is 4.31 Å². The summed E-state index contributed by atoms with van der Waals surface area (Å²) in [6.07, 6.45) is 1.01. The molecule has 0 radical (unpaired) electrons. The molecule has 2 aromatic carbocycles. The van der Waals surface area contributed by atoms with E-state index >= 15 is 0 Å². The van der Waals surface area contributed by atoms with Crippen LogP contribution in [-0.2, 0) is 14.8 Å². The highest BCUT2D eigenvalue weighted by Gasteiger charge is 2.31. The Morgan fingerprint density at radius 3 is 2.30 bits per heavy atom. The van der Waals surface area contributed by atoms with Crippen LogP contribution in [0.1, 0.15) is 40.3 Å². The monoisotopic (exact) mass is 486 g/mol. The van der Waals surface area contributed by atoms with Crippen LogP contribution in [0, 0.1) is 11.8 Å². The van der Waals surface area contributed by atoms with E-state index < -0.39 is 21.9 Å². The van der Waals surface area contributed by atoms with Crippen LogP contribution < -0.4 is 5.32 Å². The molecule has 0 saturated carbocycles. The summed E-state index contributed by atoms with van der Waals surface area (Å²) in [7, 11) is -2.34. The van der Waals surface area contributed by atoms with Crippen molar-refractivity contribution in [1.29, 1.82) is 0 Å². The number of ether oxygens (including phenoxy) is 1. The lowest BCUT2D eigenvalue weighted by molar-refractivity contribution is 0.0607. The molecule has 1 amide bonds. The molecule has 2 atom stereocenters. The summed E-state index contributed by atoms with van der Waals surface area (Å²) in [4.78, 5) is 25.7. The maximum Gasteiger partial charge on any atom is 0.350 e. The summed E-state index contributed by atoms with van der Waals surface area (Å²) in [5.74, 6) is -0.359. The molecular formula is C24H26N2O5S2. The lowest BCUT2D eigenvalue weighted by atomic mass is 9.94. The third kappa shape index (κ3) is 4.66. The van der Waals surface area contributed by atoms with Crippen LogP contribution in [0.15, 0.2) is 53.4 Å². The second-order valence-electron chi connectivity index (χ2n) is 8.54. The smallest absolute Gasteiger partial charge is 0.350 e. The molecule has 4 rings (SSSR count). The van der Waals surface area contributed by atoms with Crippen molar-refractivity contribution in [2.75, 3.05) is 25.5 Å². The first-order valence-corrected chi connectivity index (χ1v) is 13.0. The maximum atomic E-state index is 13.1. The normalized spacial score (nSPS) is 19.4. The molecule has 0 unspecified atom stereocenters. The molecular weight excluding hydrogens is 460 g/mol. The number of thiophene rings is 1. The Bertz CT molecular complexity index is 1290. The number of carbonyl (C=O) groups excluding carboxylic acids is 2. The minimum atomic E-state index is -3.63. The highest BCUT2D eigenvalue weighted by Crippen LogP contribution is 2.36. The van der Waals surface area contributed by atoms with Gasteiger partial charge in [0.05, 0.1) is 17.7 Å². The number of benzene rings is 2. The van der Waals surface area contributed by atoms with Gasteiger partial charge in [0.25, 0.3) is 5.91 Å². The van der Waals surface area contributed by atoms with Gasteiger partial charge in [-0.3, -0.25) is 4.79 Å². The average molecular weight is 487 g/mol. The lowest BCUT2D eigenvalue weighted by Crippen LogP contribution is -2.42. The molecule has 9 heteroatoms. The Morgan fingerprint density at radius 1 is 1.03 bits per heavy atom. The number of nitrogens with zero attached hydrogens (tertiary/aromatic N) is 1. The minimum absolute atomic E-state index is 0.164. The summed E-state index contributed by atoms with van der Waals surface area (Å²) in [5.41, 5.74) is 0.681. The summed E-state index contributed by atoms with van der Waals surface area (Å²) in [6, 6.07) is 13.3. The zero-order chi connectivity index (χ0) is 23.8. The summed E-state index contributed by atoms with van der Waals surface area (Å²) in [5, 5.41) is 3.55. The van der Waals surface area contributed by atoms with E-state index in [1.807, 2.05) is 24.3 Å². The van der Waals surface area contributed by atoms with Gasteiger partial charge in [0.2, 0.25) is 10.0 Å². The fourth-order valence-corrected chi connectivity index (χ4v) is 7.08. The van der Waals surface area contributed by atoms with E-state index in [-0.39, 0.29) is 4.90 Å². The van der Waals surface area contributed by atoms with E-state index in [4.69, 9.17) is 4.74 Å². The summed E-state index contributed by atoms with van der Waals surface area (Å²) < 4.78 is 33.4. The number of rotatable bonds is 5. The first kappa shape index (κ1) is 23.4. The third-order valence-corrected chi connectivity index (χ3v) is 8.79. The van der Waals surface area contributed by atoms with Gasteiger partial charge >= 0.3 is 5.97 Å². The molecule has 7 nitrogen and oxygen atoms in total. The number of anilines is 1. The van der Waals surface area contributed by atoms with Crippen LogP contribution in [0.25, 0.3) is 10.1 Å². The Morgan fingerprint density at radius 2 is 1.67 bits per heavy atom. The molecule has 174 valence electrons. The first-order chi connectivity index (χ1) is 15.7. The van der Waals surface area contributed by atoms with Gasteiger partial charge in [-0.25, -0.2) is 13.2 Å². The molecule has 1 aromatic heterocycles. The Balaban J connectivity index is 1.58. The van der Waals surface area contributed by atoms with Gasteiger partial charge in [0.1, 0.15) is 4.88 Å². The van der Waals surface area contributed by atoms with E-state index in [1.165, 1.54) is 47.0 Å². The van der Waals surface area contributed by atoms with Crippen molar-refractivity contribution in [1.82, 2.24) is 4.31 Å². The minimum Gasteiger partial charge on any atom is -0.465 e. The van der Waals surface area contributed by atoms with Crippen molar-refractivity contribution < 1.29 is 22.7 Å². The van der Waals surface area contributed by atoms with E-state index in [1.54, 1.807) is 0 Å². The van der Waals surface area contributed by atoms with Gasteiger partial charge in [-0.05, 0) is 48.6 Å². The molecule has 0 aliphatic carbocycles. The zero-order valence-electron chi connectivity index (χ0n) is 18.7. The summed E-state index contributed by atoms with van der Waals surface area (Å²) >= 11 is 1.24. The van der Waals surface area contributed by atoms with Gasteiger partial charge < -0.3 is 10.1 Å². The number of methoxy groups -OCH3 is 1. The van der Waals surface area contributed by atoms with Crippen LogP contribution in [-0.4, -0.2) is 44.8 Å². The highest BCUT2D eigenvalue weighted by atomic mass is 32.2. The van der Waals surface area contributed by atoms with Crippen molar-refractivity contribution in [3.63, 3.8) is 0 Å². The number of nitrogens with one attached hydrogen (secondary N) is 1. The molecule has 1 aliphatic heterocycles. The fraction of sp³-hybridized carbons (Fsp3) is 0.333. The highest BCUT2D eigenvalue weighted by molar-refractivity contribution is 7.89. The standard InChI is InChI=1S/C24H26N2O5S2/c1-15-12-16(2)14-26(13-15)33(29,30)18-10-8-17(9-11-18)23(27)25-21-19-6-4-5-7-20(19)32-22(21)24(28)31-3/h4-11,15-16H,12-14H2,1-3H3,(H,25,27)/t15-,16+. The average Bonchev–Trinajstić information content (AvgIpc) is 3.16. The van der Waals surface area contributed by atoms with Crippen LogP contribution >= 0.6 is 11.3 Å². The largest absolute Gasteiger partial charge is 0.465 e. The predicted molar refractivity (Wildman–Crippen MR) is 129 cm³/mol. The molecule has 0 spiro atoms. The molecule has 1 fully saturated rings. The van der Waals surface area contributed by atoms with E-state index in [0.29, 0.717) is 41.1 Å². The van der Waals surface area contributed by atoms with E-state index in [2.05, 4.69) is 19.2 Å². The predicted octanol–water partition coefficient (Wildman–Crippen LogP) is 4.61. The number of piperidine rings is 1. The molecule has 1 aliphatic rings. The van der Waals surface area contributed by atoms with Crippen LogP contribution in [0.4, 0.5) is 5.69 Å². The SMILES string of the molecule is COC(=O)c1sc2ccccc2c1NC(=O)c1ccc(S(=O)(=O)N2C[C@H](C)C[C@H](C)C2)cc1. The van der Waals surface area contributed by atoms with Crippen molar-refractivity contribution in [2.45, 2.75) is 25.2 Å². The van der Waals surface area contributed by atoms with Crippen LogP contribution in [0.5, 0.6) is 0 Å². The number of fused-ring (bicyclic) bond motifs is 1. The quantitative estimate of drug-likeness (QED) is 0.532. The second kappa shape index (κ2) is 9.24. The van der Waals surface area contributed by atoms with E-state index in [0.717, 1.165) is 16.5 Å². The van der Waals surface area contributed by atoms with Gasteiger partial charge in [0.15, 0.2) is 0 Å². The Hall–Kier alpha value is -2.75. The maximum absolute atomic E-state index is 13.1. The Kier molecular flexibility index (Phi) is 6.56.